The predicted octanol–water partition coefficient (Wildman–Crippen LogP) is 3.01. The van der Waals surface area contributed by atoms with Crippen molar-refractivity contribution in [2.75, 3.05) is 6.54 Å². The van der Waals surface area contributed by atoms with Gasteiger partial charge in [0.1, 0.15) is 6.33 Å². The molecule has 3 aromatic rings. The third-order valence-corrected chi connectivity index (χ3v) is 5.18. The van der Waals surface area contributed by atoms with Crippen LogP contribution in [0.15, 0.2) is 41.4 Å². The molecule has 2 aromatic heterocycles. The number of hydrogen-bond donors (Lipinski definition) is 0. The van der Waals surface area contributed by atoms with Crippen LogP contribution < -0.4 is 0 Å². The Morgan fingerprint density at radius 2 is 2.25 bits per heavy atom. The molecule has 1 amide bonds. The van der Waals surface area contributed by atoms with Crippen LogP contribution in [-0.4, -0.2) is 37.6 Å². The number of likely N-dealkylation sites (tertiary alicyclic amines) is 1. The highest BCUT2D eigenvalue weighted by atomic mass is 32.1. The van der Waals surface area contributed by atoms with Gasteiger partial charge in [-0.2, -0.15) is 11.3 Å². The van der Waals surface area contributed by atoms with Crippen LogP contribution in [0.25, 0.3) is 5.69 Å². The summed E-state index contributed by atoms with van der Waals surface area (Å²) in [5.41, 5.74) is 3.81. The number of nitrogens with zero attached hydrogens (tertiary/aromatic N) is 5. The number of carbonyl (C=O) groups is 1. The van der Waals surface area contributed by atoms with E-state index >= 15 is 0 Å². The fraction of sp³-hybridized carbons (Fsp3) is 0.294. The summed E-state index contributed by atoms with van der Waals surface area (Å²) in [7, 11) is 0. The summed E-state index contributed by atoms with van der Waals surface area (Å²) in [6.45, 7) is 2.78. The number of amides is 1. The minimum atomic E-state index is 0.0927. The molecule has 0 spiro atoms. The Hall–Kier alpha value is -2.54. The molecule has 3 heterocycles. The minimum Gasteiger partial charge on any atom is -0.332 e. The maximum Gasteiger partial charge on any atom is 0.254 e. The molecule has 0 saturated carbocycles. The van der Waals surface area contributed by atoms with E-state index in [0.717, 1.165) is 30.6 Å². The highest BCUT2D eigenvalue weighted by Crippen LogP contribution is 2.34. The highest BCUT2D eigenvalue weighted by molar-refractivity contribution is 7.08. The van der Waals surface area contributed by atoms with Crippen molar-refractivity contribution in [1.82, 2.24) is 25.1 Å². The molecule has 1 aromatic carbocycles. The van der Waals surface area contributed by atoms with Gasteiger partial charge < -0.3 is 4.90 Å². The van der Waals surface area contributed by atoms with Gasteiger partial charge in [-0.05, 0) is 76.3 Å². The molecule has 1 aliphatic rings. The van der Waals surface area contributed by atoms with Gasteiger partial charge in [-0.25, -0.2) is 4.68 Å². The van der Waals surface area contributed by atoms with E-state index < -0.39 is 0 Å². The molecule has 0 unspecified atom stereocenters. The molecule has 122 valence electrons. The molecule has 0 N–H and O–H groups in total. The predicted molar refractivity (Wildman–Crippen MR) is 91.2 cm³/mol. The number of aryl methyl sites for hydroxylation is 1. The van der Waals surface area contributed by atoms with Crippen molar-refractivity contribution in [2.24, 2.45) is 0 Å². The number of thiophene rings is 1. The normalized spacial score (nSPS) is 17.4. The second-order valence-electron chi connectivity index (χ2n) is 5.97. The van der Waals surface area contributed by atoms with Crippen molar-refractivity contribution >= 4 is 17.2 Å². The quantitative estimate of drug-likeness (QED) is 0.736. The van der Waals surface area contributed by atoms with Crippen LogP contribution in [0.4, 0.5) is 0 Å². The number of carbonyl (C=O) groups excluding carboxylic acids is 1. The summed E-state index contributed by atoms with van der Waals surface area (Å²) in [6.07, 6.45) is 3.63. The van der Waals surface area contributed by atoms with Crippen LogP contribution in [0.5, 0.6) is 0 Å². The topological polar surface area (TPSA) is 63.9 Å². The summed E-state index contributed by atoms with van der Waals surface area (Å²) < 4.78 is 1.60. The Labute approximate surface area is 143 Å². The molecule has 0 bridgehead atoms. The molecule has 6 nitrogen and oxygen atoms in total. The highest BCUT2D eigenvalue weighted by Gasteiger charge is 2.30. The molecule has 1 aliphatic heterocycles. The lowest BCUT2D eigenvalue weighted by molar-refractivity contribution is 0.0736. The molecule has 24 heavy (non-hydrogen) atoms. The van der Waals surface area contributed by atoms with Crippen LogP contribution >= 0.6 is 11.3 Å². The van der Waals surface area contributed by atoms with Crippen molar-refractivity contribution in [3.8, 4) is 5.69 Å². The number of benzene rings is 1. The van der Waals surface area contributed by atoms with Gasteiger partial charge in [-0.15, -0.1) is 5.10 Å². The lowest BCUT2D eigenvalue weighted by atomic mass is 10.1. The van der Waals surface area contributed by atoms with E-state index in [1.54, 1.807) is 22.3 Å². The van der Waals surface area contributed by atoms with E-state index in [-0.39, 0.29) is 11.9 Å². The number of rotatable bonds is 3. The molecule has 4 rings (SSSR count). The van der Waals surface area contributed by atoms with Crippen molar-refractivity contribution in [2.45, 2.75) is 25.8 Å². The van der Waals surface area contributed by atoms with E-state index in [0.29, 0.717) is 5.56 Å². The lowest BCUT2D eigenvalue weighted by Gasteiger charge is -2.24. The Bertz CT molecular complexity index is 844. The van der Waals surface area contributed by atoms with Gasteiger partial charge >= 0.3 is 0 Å². The molecule has 1 atom stereocenters. The maximum atomic E-state index is 13.0. The van der Waals surface area contributed by atoms with Crippen molar-refractivity contribution in [1.29, 1.82) is 0 Å². The molecule has 1 saturated heterocycles. The van der Waals surface area contributed by atoms with Crippen molar-refractivity contribution in [3.05, 3.63) is 58.0 Å². The number of tetrazole rings is 1. The molecular formula is C17H17N5OS. The van der Waals surface area contributed by atoms with E-state index in [1.165, 1.54) is 5.56 Å². The third-order valence-electron chi connectivity index (χ3n) is 4.48. The van der Waals surface area contributed by atoms with E-state index in [2.05, 4.69) is 32.4 Å². The average molecular weight is 339 g/mol. The summed E-state index contributed by atoms with van der Waals surface area (Å²) in [4.78, 5) is 15.0. The monoisotopic (exact) mass is 339 g/mol. The van der Waals surface area contributed by atoms with Crippen LogP contribution in [0.3, 0.4) is 0 Å². The van der Waals surface area contributed by atoms with E-state index in [4.69, 9.17) is 0 Å². The van der Waals surface area contributed by atoms with Gasteiger partial charge in [-0.1, -0.05) is 0 Å². The first-order valence-electron chi connectivity index (χ1n) is 7.91. The average Bonchev–Trinajstić information content (AvgIpc) is 3.34. The molecule has 7 heteroatoms. The van der Waals surface area contributed by atoms with Crippen molar-refractivity contribution in [3.63, 3.8) is 0 Å². The zero-order chi connectivity index (χ0) is 16.5. The number of aromatic nitrogens is 4. The van der Waals surface area contributed by atoms with E-state index in [9.17, 15) is 4.79 Å². The Morgan fingerprint density at radius 1 is 1.33 bits per heavy atom. The minimum absolute atomic E-state index is 0.0927. The van der Waals surface area contributed by atoms with Gasteiger partial charge in [0.05, 0.1) is 11.7 Å². The first-order valence-corrected chi connectivity index (χ1v) is 8.85. The second-order valence-corrected chi connectivity index (χ2v) is 6.75. The smallest absolute Gasteiger partial charge is 0.254 e. The largest absolute Gasteiger partial charge is 0.332 e. The molecular weight excluding hydrogens is 322 g/mol. The summed E-state index contributed by atoms with van der Waals surface area (Å²) >= 11 is 1.68. The Morgan fingerprint density at radius 3 is 2.96 bits per heavy atom. The van der Waals surface area contributed by atoms with Crippen LogP contribution in [-0.2, 0) is 0 Å². The molecule has 1 fully saturated rings. The second kappa shape index (κ2) is 6.16. The summed E-state index contributed by atoms with van der Waals surface area (Å²) in [6, 6.07) is 7.99. The number of hydrogen-bond acceptors (Lipinski definition) is 5. The van der Waals surface area contributed by atoms with Crippen LogP contribution in [0.2, 0.25) is 0 Å². The van der Waals surface area contributed by atoms with Crippen LogP contribution in [0.1, 0.15) is 40.4 Å². The van der Waals surface area contributed by atoms with Gasteiger partial charge in [0, 0.05) is 12.1 Å². The van der Waals surface area contributed by atoms with Crippen LogP contribution in [0, 0.1) is 6.92 Å². The first kappa shape index (κ1) is 15.0. The first-order chi connectivity index (χ1) is 11.7. The van der Waals surface area contributed by atoms with Gasteiger partial charge in [0.25, 0.3) is 5.91 Å². The summed E-state index contributed by atoms with van der Waals surface area (Å²) in [5.74, 6) is 0.0927. The lowest BCUT2D eigenvalue weighted by Crippen LogP contribution is -2.30. The Balaban J connectivity index is 1.61. The van der Waals surface area contributed by atoms with Gasteiger partial charge in [0.15, 0.2) is 0 Å². The van der Waals surface area contributed by atoms with Crippen molar-refractivity contribution < 1.29 is 4.79 Å². The van der Waals surface area contributed by atoms with Gasteiger partial charge in [-0.3, -0.25) is 4.79 Å². The van der Waals surface area contributed by atoms with E-state index in [1.807, 2.05) is 30.0 Å². The SMILES string of the molecule is Cc1cc(C(=O)N2CCC[C@H]2c2ccsc2)ccc1-n1cnnn1. The zero-order valence-corrected chi connectivity index (χ0v) is 14.1. The fourth-order valence-corrected chi connectivity index (χ4v) is 4.01. The molecule has 0 radical (unpaired) electrons. The molecule has 0 aliphatic carbocycles. The summed E-state index contributed by atoms with van der Waals surface area (Å²) in [5, 5.41) is 15.4. The third kappa shape index (κ3) is 2.60. The zero-order valence-electron chi connectivity index (χ0n) is 13.3. The fourth-order valence-electron chi connectivity index (χ4n) is 3.30. The van der Waals surface area contributed by atoms with Gasteiger partial charge in [0.2, 0.25) is 0 Å². The standard InChI is InChI=1S/C17H17N5OS/c1-12-9-13(4-5-15(12)22-11-18-19-20-22)17(23)21-7-2-3-16(21)14-6-8-24-10-14/h4-6,8-11,16H,2-3,7H2,1H3/t16-/m0/s1. The Kier molecular flexibility index (Phi) is 3.86. The maximum absolute atomic E-state index is 13.0.